The van der Waals surface area contributed by atoms with E-state index in [4.69, 9.17) is 17.4 Å². The Labute approximate surface area is 118 Å². The van der Waals surface area contributed by atoms with E-state index in [2.05, 4.69) is 36.8 Å². The van der Waals surface area contributed by atoms with Crippen LogP contribution in [0.25, 0.3) is 0 Å². The van der Waals surface area contributed by atoms with E-state index in [9.17, 15) is 0 Å². The first-order chi connectivity index (χ1) is 8.60. The number of hydrogen-bond donors (Lipinski definition) is 2. The van der Waals surface area contributed by atoms with Crippen LogP contribution in [0.4, 0.5) is 0 Å². The molecule has 1 atom stereocenters. The van der Waals surface area contributed by atoms with Crippen molar-refractivity contribution in [3.63, 3.8) is 0 Å². The lowest BCUT2D eigenvalue weighted by Gasteiger charge is -2.15. The maximum atomic E-state index is 5.96. The van der Waals surface area contributed by atoms with Gasteiger partial charge in [-0.2, -0.15) is 4.80 Å². The molecule has 3 N–H and O–H groups in total. The molecule has 0 saturated carbocycles. The van der Waals surface area contributed by atoms with Crippen molar-refractivity contribution in [2.75, 3.05) is 0 Å². The molecule has 96 valence electrons. The standard InChI is InChI=1S/C10H12BrClN6/c1-18-16-10(15-17-18)5-9(14-13)6-2-3-8(12)7(11)4-6/h2-4,9,14H,5,13H2,1H3. The number of benzene rings is 1. The summed E-state index contributed by atoms with van der Waals surface area (Å²) in [4.78, 5) is 1.42. The molecule has 1 heterocycles. The van der Waals surface area contributed by atoms with Crippen LogP contribution in [0.3, 0.4) is 0 Å². The summed E-state index contributed by atoms with van der Waals surface area (Å²) in [6.45, 7) is 0. The molecule has 8 heteroatoms. The van der Waals surface area contributed by atoms with Gasteiger partial charge in [0, 0.05) is 10.9 Å². The summed E-state index contributed by atoms with van der Waals surface area (Å²) in [7, 11) is 1.72. The van der Waals surface area contributed by atoms with Crippen LogP contribution in [-0.4, -0.2) is 20.2 Å². The Morgan fingerprint density at radius 3 is 2.89 bits per heavy atom. The van der Waals surface area contributed by atoms with Crippen molar-refractivity contribution in [1.82, 2.24) is 25.6 Å². The fourth-order valence-corrected chi connectivity index (χ4v) is 2.10. The quantitative estimate of drug-likeness (QED) is 0.653. The zero-order valence-corrected chi connectivity index (χ0v) is 12.0. The number of nitrogens with zero attached hydrogens (tertiary/aromatic N) is 4. The lowest BCUT2D eigenvalue weighted by molar-refractivity contribution is 0.536. The molecule has 1 unspecified atom stereocenters. The van der Waals surface area contributed by atoms with Crippen molar-refractivity contribution in [3.05, 3.63) is 39.1 Å². The summed E-state index contributed by atoms with van der Waals surface area (Å²) in [5, 5.41) is 12.5. The molecule has 6 nitrogen and oxygen atoms in total. The number of halogens is 2. The fraction of sp³-hybridized carbons (Fsp3) is 0.300. The van der Waals surface area contributed by atoms with Gasteiger partial charge < -0.3 is 0 Å². The molecule has 0 aliphatic heterocycles. The third kappa shape index (κ3) is 3.05. The average Bonchev–Trinajstić information content (AvgIpc) is 2.75. The highest BCUT2D eigenvalue weighted by molar-refractivity contribution is 9.10. The Balaban J connectivity index is 2.19. The lowest BCUT2D eigenvalue weighted by Crippen LogP contribution is -2.30. The molecule has 0 bridgehead atoms. The molecule has 2 rings (SSSR count). The molecular formula is C10H12BrClN6. The smallest absolute Gasteiger partial charge is 0.176 e. The third-order valence-electron chi connectivity index (χ3n) is 2.48. The molecule has 1 aromatic heterocycles. The minimum atomic E-state index is -0.0947. The number of hydrogen-bond acceptors (Lipinski definition) is 5. The highest BCUT2D eigenvalue weighted by Gasteiger charge is 2.14. The molecule has 0 aliphatic carbocycles. The maximum Gasteiger partial charge on any atom is 0.176 e. The molecule has 0 amide bonds. The van der Waals surface area contributed by atoms with Crippen molar-refractivity contribution >= 4 is 27.5 Å². The first-order valence-electron chi connectivity index (χ1n) is 5.24. The molecule has 18 heavy (non-hydrogen) atoms. The van der Waals surface area contributed by atoms with Crippen LogP contribution in [0.15, 0.2) is 22.7 Å². The number of aryl methyl sites for hydroxylation is 1. The van der Waals surface area contributed by atoms with Gasteiger partial charge in [0.2, 0.25) is 0 Å². The second-order valence-electron chi connectivity index (χ2n) is 3.79. The molecular weight excluding hydrogens is 320 g/mol. The summed E-state index contributed by atoms with van der Waals surface area (Å²) in [5.74, 6) is 6.20. The van der Waals surface area contributed by atoms with Crippen LogP contribution < -0.4 is 11.3 Å². The van der Waals surface area contributed by atoms with Gasteiger partial charge in [0.25, 0.3) is 0 Å². The Morgan fingerprint density at radius 1 is 1.56 bits per heavy atom. The van der Waals surface area contributed by atoms with Gasteiger partial charge in [-0.3, -0.25) is 11.3 Å². The summed E-state index contributed by atoms with van der Waals surface area (Å²) in [5.41, 5.74) is 3.74. The first kappa shape index (κ1) is 13.4. The van der Waals surface area contributed by atoms with Crippen LogP contribution in [0, 0.1) is 0 Å². The van der Waals surface area contributed by atoms with Crippen LogP contribution in [0.1, 0.15) is 17.4 Å². The van der Waals surface area contributed by atoms with E-state index >= 15 is 0 Å². The minimum absolute atomic E-state index is 0.0947. The molecule has 0 saturated heterocycles. The van der Waals surface area contributed by atoms with Gasteiger partial charge in [-0.25, -0.2) is 0 Å². The van der Waals surface area contributed by atoms with Crippen LogP contribution >= 0.6 is 27.5 Å². The number of aromatic nitrogens is 4. The number of nitrogens with two attached hydrogens (primary N) is 1. The van der Waals surface area contributed by atoms with Crippen molar-refractivity contribution in [2.24, 2.45) is 12.9 Å². The lowest BCUT2D eigenvalue weighted by atomic mass is 10.0. The van der Waals surface area contributed by atoms with Crippen molar-refractivity contribution in [1.29, 1.82) is 0 Å². The summed E-state index contributed by atoms with van der Waals surface area (Å²) < 4.78 is 0.828. The van der Waals surface area contributed by atoms with Gasteiger partial charge >= 0.3 is 0 Å². The Morgan fingerprint density at radius 2 is 2.33 bits per heavy atom. The van der Waals surface area contributed by atoms with Gasteiger partial charge in [0.1, 0.15) is 0 Å². The van der Waals surface area contributed by atoms with E-state index in [1.165, 1.54) is 4.80 Å². The summed E-state index contributed by atoms with van der Waals surface area (Å²) in [6, 6.07) is 5.55. The number of rotatable bonds is 4. The fourth-order valence-electron chi connectivity index (χ4n) is 1.59. The largest absolute Gasteiger partial charge is 0.271 e. The molecule has 0 radical (unpaired) electrons. The van der Waals surface area contributed by atoms with Crippen LogP contribution in [0.5, 0.6) is 0 Å². The van der Waals surface area contributed by atoms with Crippen molar-refractivity contribution < 1.29 is 0 Å². The van der Waals surface area contributed by atoms with Gasteiger partial charge in [-0.05, 0) is 38.8 Å². The monoisotopic (exact) mass is 330 g/mol. The number of tetrazole rings is 1. The maximum absolute atomic E-state index is 5.96. The van der Waals surface area contributed by atoms with E-state index < -0.39 is 0 Å². The first-order valence-corrected chi connectivity index (χ1v) is 6.41. The van der Waals surface area contributed by atoms with E-state index in [1.807, 2.05) is 18.2 Å². The van der Waals surface area contributed by atoms with Gasteiger partial charge in [0.05, 0.1) is 18.1 Å². The van der Waals surface area contributed by atoms with E-state index in [0.29, 0.717) is 17.3 Å². The normalized spacial score (nSPS) is 12.7. The molecule has 1 aromatic carbocycles. The van der Waals surface area contributed by atoms with Gasteiger partial charge in [-0.1, -0.05) is 17.7 Å². The zero-order valence-electron chi connectivity index (χ0n) is 9.64. The van der Waals surface area contributed by atoms with Crippen LogP contribution in [-0.2, 0) is 13.5 Å². The van der Waals surface area contributed by atoms with E-state index in [1.54, 1.807) is 7.05 Å². The second-order valence-corrected chi connectivity index (χ2v) is 5.05. The summed E-state index contributed by atoms with van der Waals surface area (Å²) in [6.07, 6.45) is 0.554. The predicted molar refractivity (Wildman–Crippen MR) is 71.7 cm³/mol. The van der Waals surface area contributed by atoms with E-state index in [-0.39, 0.29) is 6.04 Å². The van der Waals surface area contributed by atoms with Gasteiger partial charge in [-0.15, -0.1) is 10.2 Å². The second kappa shape index (κ2) is 5.75. The van der Waals surface area contributed by atoms with E-state index in [0.717, 1.165) is 10.0 Å². The molecule has 0 fully saturated rings. The van der Waals surface area contributed by atoms with Crippen molar-refractivity contribution in [2.45, 2.75) is 12.5 Å². The number of nitrogens with one attached hydrogen (secondary N) is 1. The number of hydrazine groups is 1. The Bertz CT molecular complexity index is 543. The Kier molecular flexibility index (Phi) is 4.28. The van der Waals surface area contributed by atoms with Crippen molar-refractivity contribution in [3.8, 4) is 0 Å². The minimum Gasteiger partial charge on any atom is -0.271 e. The van der Waals surface area contributed by atoms with Gasteiger partial charge in [0.15, 0.2) is 5.82 Å². The highest BCUT2D eigenvalue weighted by Crippen LogP contribution is 2.26. The third-order valence-corrected chi connectivity index (χ3v) is 3.70. The Hall–Kier alpha value is -1.02. The zero-order chi connectivity index (χ0) is 13.1. The predicted octanol–water partition coefficient (Wildman–Crippen LogP) is 1.37. The summed E-state index contributed by atoms with van der Waals surface area (Å²) >= 11 is 9.34. The topological polar surface area (TPSA) is 81.7 Å². The average molecular weight is 332 g/mol. The SMILES string of the molecule is Cn1nnc(CC(NN)c2ccc(Cl)c(Br)c2)n1. The van der Waals surface area contributed by atoms with Crippen LogP contribution in [0.2, 0.25) is 5.02 Å². The molecule has 0 spiro atoms. The highest BCUT2D eigenvalue weighted by atomic mass is 79.9. The molecule has 2 aromatic rings. The molecule has 0 aliphatic rings.